The Morgan fingerprint density at radius 1 is 1.00 bits per heavy atom. The second-order valence-electron chi connectivity index (χ2n) is 5.38. The van der Waals surface area contributed by atoms with Gasteiger partial charge in [-0.25, -0.2) is 0 Å². The highest BCUT2D eigenvalue weighted by molar-refractivity contribution is 5.18. The number of likely N-dealkylation sites (N-methyl/N-ethyl adjacent to an activating group) is 1. The van der Waals surface area contributed by atoms with Gasteiger partial charge in [0.2, 0.25) is 0 Å². The van der Waals surface area contributed by atoms with Crippen molar-refractivity contribution < 1.29 is 0 Å². The zero-order valence-electron chi connectivity index (χ0n) is 11.8. The molecule has 1 aliphatic heterocycles. The highest BCUT2D eigenvalue weighted by Gasteiger charge is 2.16. The molecule has 1 aliphatic rings. The maximum atomic E-state index is 2.62. The van der Waals surface area contributed by atoms with Crippen LogP contribution >= 0.6 is 0 Å². The molecule has 0 radical (unpaired) electrons. The maximum absolute atomic E-state index is 2.62. The van der Waals surface area contributed by atoms with Crippen molar-refractivity contribution in [3.8, 4) is 0 Å². The Hall–Kier alpha value is -0.860. The minimum absolute atomic E-state index is 0.676. The molecule has 0 amide bonds. The molecule has 1 heterocycles. The molecule has 2 nitrogen and oxygen atoms in total. The van der Waals surface area contributed by atoms with E-state index in [1.807, 2.05) is 0 Å². The zero-order valence-corrected chi connectivity index (χ0v) is 11.8. The van der Waals surface area contributed by atoms with Crippen LogP contribution in [0.4, 0.5) is 0 Å². The lowest BCUT2D eigenvalue weighted by Gasteiger charge is -2.34. The van der Waals surface area contributed by atoms with Crippen LogP contribution in [0.15, 0.2) is 30.3 Å². The first kappa shape index (κ1) is 13.6. The van der Waals surface area contributed by atoms with Crippen molar-refractivity contribution in [1.82, 2.24) is 9.80 Å². The molecule has 1 aromatic rings. The number of benzene rings is 1. The molecule has 1 aromatic carbocycles. The minimum atomic E-state index is 0.676. The minimum Gasteiger partial charge on any atom is -0.301 e. The summed E-state index contributed by atoms with van der Waals surface area (Å²) in [6.07, 6.45) is 1.27. The first-order valence-corrected chi connectivity index (χ1v) is 7.29. The second-order valence-corrected chi connectivity index (χ2v) is 5.38. The van der Waals surface area contributed by atoms with Crippen LogP contribution in [0.2, 0.25) is 0 Å². The summed E-state index contributed by atoms with van der Waals surface area (Å²) in [5, 5.41) is 0. The fourth-order valence-electron chi connectivity index (χ4n) is 2.65. The van der Waals surface area contributed by atoms with Gasteiger partial charge in [-0.15, -0.1) is 0 Å². The van der Waals surface area contributed by atoms with Crippen molar-refractivity contribution in [2.75, 3.05) is 39.3 Å². The number of rotatable bonds is 5. The van der Waals surface area contributed by atoms with Gasteiger partial charge in [0.25, 0.3) is 0 Å². The van der Waals surface area contributed by atoms with Gasteiger partial charge in [0.15, 0.2) is 0 Å². The van der Waals surface area contributed by atoms with Crippen molar-refractivity contribution >= 4 is 0 Å². The standard InChI is InChI=1S/C16H26N2/c1-3-17-11-13-18(14-12-17)10-9-15(2)16-7-5-4-6-8-16/h4-8,15H,3,9-14H2,1-2H3/t15-/m0/s1. The summed E-state index contributed by atoms with van der Waals surface area (Å²) in [6, 6.07) is 10.9. The summed E-state index contributed by atoms with van der Waals surface area (Å²) in [7, 11) is 0. The summed E-state index contributed by atoms with van der Waals surface area (Å²) in [6.45, 7) is 12.0. The van der Waals surface area contributed by atoms with Crippen LogP contribution in [0.3, 0.4) is 0 Å². The summed E-state index contributed by atoms with van der Waals surface area (Å²) < 4.78 is 0. The van der Waals surface area contributed by atoms with E-state index in [2.05, 4.69) is 54.0 Å². The van der Waals surface area contributed by atoms with Crippen molar-refractivity contribution in [2.24, 2.45) is 0 Å². The van der Waals surface area contributed by atoms with Gasteiger partial charge in [-0.1, -0.05) is 44.2 Å². The lowest BCUT2D eigenvalue weighted by atomic mass is 9.97. The van der Waals surface area contributed by atoms with Crippen molar-refractivity contribution in [3.05, 3.63) is 35.9 Å². The fourth-order valence-corrected chi connectivity index (χ4v) is 2.65. The molecule has 0 unspecified atom stereocenters. The number of piperazine rings is 1. The average molecular weight is 246 g/mol. The van der Waals surface area contributed by atoms with Crippen molar-refractivity contribution in [1.29, 1.82) is 0 Å². The lowest BCUT2D eigenvalue weighted by molar-refractivity contribution is 0.134. The first-order chi connectivity index (χ1) is 8.79. The number of hydrogen-bond donors (Lipinski definition) is 0. The third-order valence-electron chi connectivity index (χ3n) is 4.16. The van der Waals surface area contributed by atoms with E-state index in [9.17, 15) is 0 Å². The Bertz CT molecular complexity index is 328. The lowest BCUT2D eigenvalue weighted by Crippen LogP contribution is -2.46. The van der Waals surface area contributed by atoms with Crippen LogP contribution in [0.5, 0.6) is 0 Å². The topological polar surface area (TPSA) is 6.48 Å². The average Bonchev–Trinajstić information content (AvgIpc) is 2.46. The van der Waals surface area contributed by atoms with Gasteiger partial charge in [0.05, 0.1) is 0 Å². The molecule has 0 spiro atoms. The van der Waals surface area contributed by atoms with Gasteiger partial charge in [-0.3, -0.25) is 0 Å². The Morgan fingerprint density at radius 2 is 1.61 bits per heavy atom. The fraction of sp³-hybridized carbons (Fsp3) is 0.625. The summed E-state index contributed by atoms with van der Waals surface area (Å²) in [5.41, 5.74) is 1.48. The number of nitrogens with zero attached hydrogens (tertiary/aromatic N) is 2. The van der Waals surface area contributed by atoms with E-state index in [4.69, 9.17) is 0 Å². The van der Waals surface area contributed by atoms with Gasteiger partial charge in [-0.2, -0.15) is 0 Å². The molecule has 1 fully saturated rings. The van der Waals surface area contributed by atoms with Gasteiger partial charge >= 0.3 is 0 Å². The molecule has 0 aromatic heterocycles. The van der Waals surface area contributed by atoms with Gasteiger partial charge < -0.3 is 9.80 Å². The van der Waals surface area contributed by atoms with E-state index < -0.39 is 0 Å². The molecule has 0 aliphatic carbocycles. The molecule has 0 saturated carbocycles. The Kier molecular flexibility index (Phi) is 5.21. The predicted molar refractivity (Wildman–Crippen MR) is 78.0 cm³/mol. The maximum Gasteiger partial charge on any atom is 0.0110 e. The van der Waals surface area contributed by atoms with E-state index in [0.29, 0.717) is 5.92 Å². The monoisotopic (exact) mass is 246 g/mol. The zero-order chi connectivity index (χ0) is 12.8. The summed E-state index contributed by atoms with van der Waals surface area (Å²) in [5.74, 6) is 0.676. The van der Waals surface area contributed by atoms with E-state index >= 15 is 0 Å². The largest absolute Gasteiger partial charge is 0.301 e. The normalized spacial score (nSPS) is 19.9. The molecule has 1 atom stereocenters. The van der Waals surface area contributed by atoms with Gasteiger partial charge in [0.1, 0.15) is 0 Å². The van der Waals surface area contributed by atoms with Gasteiger partial charge in [0, 0.05) is 26.2 Å². The summed E-state index contributed by atoms with van der Waals surface area (Å²) in [4.78, 5) is 5.16. The van der Waals surface area contributed by atoms with Crippen LogP contribution in [-0.4, -0.2) is 49.1 Å². The van der Waals surface area contributed by atoms with Crippen molar-refractivity contribution in [3.63, 3.8) is 0 Å². The van der Waals surface area contributed by atoms with Crippen LogP contribution in [-0.2, 0) is 0 Å². The molecular weight excluding hydrogens is 220 g/mol. The highest BCUT2D eigenvalue weighted by atomic mass is 15.3. The van der Waals surface area contributed by atoms with E-state index in [1.54, 1.807) is 0 Å². The molecule has 0 bridgehead atoms. The molecule has 0 N–H and O–H groups in total. The van der Waals surface area contributed by atoms with E-state index in [0.717, 1.165) is 0 Å². The SMILES string of the molecule is CCN1CCN(CC[C@H](C)c2ccccc2)CC1. The second kappa shape index (κ2) is 6.91. The van der Waals surface area contributed by atoms with Crippen molar-refractivity contribution in [2.45, 2.75) is 26.2 Å². The predicted octanol–water partition coefficient (Wildman–Crippen LogP) is 2.82. The van der Waals surface area contributed by atoms with Crippen LogP contribution < -0.4 is 0 Å². The smallest absolute Gasteiger partial charge is 0.0110 e. The van der Waals surface area contributed by atoms with E-state index in [1.165, 1.54) is 51.3 Å². The molecule has 2 rings (SSSR count). The Balaban J connectivity index is 1.72. The Morgan fingerprint density at radius 3 is 2.22 bits per heavy atom. The first-order valence-electron chi connectivity index (χ1n) is 7.29. The molecule has 18 heavy (non-hydrogen) atoms. The van der Waals surface area contributed by atoms with Gasteiger partial charge in [-0.05, 0) is 31.0 Å². The molecule has 1 saturated heterocycles. The quantitative estimate of drug-likeness (QED) is 0.788. The number of hydrogen-bond acceptors (Lipinski definition) is 2. The molecular formula is C16H26N2. The molecule has 100 valence electrons. The van der Waals surface area contributed by atoms with Crippen LogP contribution in [0.25, 0.3) is 0 Å². The third-order valence-corrected chi connectivity index (χ3v) is 4.16. The summed E-state index contributed by atoms with van der Waals surface area (Å²) >= 11 is 0. The van der Waals surface area contributed by atoms with E-state index in [-0.39, 0.29) is 0 Å². The molecule has 2 heteroatoms. The van der Waals surface area contributed by atoms with Crippen LogP contribution in [0, 0.1) is 0 Å². The highest BCUT2D eigenvalue weighted by Crippen LogP contribution is 2.19. The third kappa shape index (κ3) is 3.82. The van der Waals surface area contributed by atoms with Crippen LogP contribution in [0.1, 0.15) is 31.7 Å². The Labute approximate surface area is 112 Å².